The summed E-state index contributed by atoms with van der Waals surface area (Å²) in [5.41, 5.74) is 0. The summed E-state index contributed by atoms with van der Waals surface area (Å²) >= 11 is 0. The third-order valence-corrected chi connectivity index (χ3v) is 7.55. The van der Waals surface area contributed by atoms with E-state index in [2.05, 4.69) is 30.3 Å². The molecule has 0 bridgehead atoms. The van der Waals surface area contributed by atoms with Gasteiger partial charge in [0.05, 0.1) is 6.61 Å². The van der Waals surface area contributed by atoms with Crippen molar-refractivity contribution in [3.05, 3.63) is 0 Å². The molecule has 3 saturated heterocycles. The van der Waals surface area contributed by atoms with Crippen LogP contribution in [0.15, 0.2) is 4.99 Å². The Morgan fingerprint density at radius 2 is 1.77 bits per heavy atom. The molecule has 1 unspecified atom stereocenters. The van der Waals surface area contributed by atoms with Crippen molar-refractivity contribution in [2.45, 2.75) is 44.6 Å². The largest absolute Gasteiger partial charge is 0.381 e. The lowest BCUT2D eigenvalue weighted by atomic mass is 9.84. The number of guanidine groups is 1. The molecule has 8 heteroatoms. The van der Waals surface area contributed by atoms with Gasteiger partial charge in [0.1, 0.15) is 0 Å². The van der Waals surface area contributed by atoms with Crippen molar-refractivity contribution < 1.29 is 9.53 Å². The highest BCUT2D eigenvalue weighted by Gasteiger charge is 2.31. The number of piperazine rings is 1. The van der Waals surface area contributed by atoms with Crippen LogP contribution in [-0.2, 0) is 9.53 Å². The van der Waals surface area contributed by atoms with Crippen LogP contribution < -0.4 is 10.6 Å². The first-order valence-corrected chi connectivity index (χ1v) is 12.5. The van der Waals surface area contributed by atoms with E-state index in [1.54, 1.807) is 0 Å². The number of aliphatic imine (C=N–C) groups is 1. The fourth-order valence-electron chi connectivity index (χ4n) is 5.18. The Hall–Kier alpha value is -1.38. The van der Waals surface area contributed by atoms with E-state index >= 15 is 0 Å². The number of likely N-dealkylation sites (tertiary alicyclic amines) is 1. The van der Waals surface area contributed by atoms with E-state index in [4.69, 9.17) is 4.74 Å². The molecular weight excluding hydrogens is 392 g/mol. The van der Waals surface area contributed by atoms with Gasteiger partial charge in [-0.25, -0.2) is 0 Å². The van der Waals surface area contributed by atoms with Gasteiger partial charge in [-0.15, -0.1) is 0 Å². The topological polar surface area (TPSA) is 72.4 Å². The molecule has 0 aromatic carbocycles. The Morgan fingerprint density at radius 3 is 2.39 bits per heavy atom. The summed E-state index contributed by atoms with van der Waals surface area (Å²) in [6.45, 7) is 11.0. The van der Waals surface area contributed by atoms with Crippen molar-refractivity contribution in [2.24, 2.45) is 16.8 Å². The molecular formula is C23H42N6O2. The zero-order valence-electron chi connectivity index (χ0n) is 19.4. The normalized spacial score (nSPS) is 27.3. The van der Waals surface area contributed by atoms with Crippen LogP contribution in [0.2, 0.25) is 0 Å². The average molecular weight is 435 g/mol. The van der Waals surface area contributed by atoms with E-state index in [0.29, 0.717) is 17.9 Å². The van der Waals surface area contributed by atoms with E-state index in [1.165, 1.54) is 32.2 Å². The van der Waals surface area contributed by atoms with Gasteiger partial charge in [-0.1, -0.05) is 6.42 Å². The van der Waals surface area contributed by atoms with E-state index in [1.807, 2.05) is 7.05 Å². The fraction of sp³-hybridized carbons (Fsp3) is 0.913. The zero-order valence-corrected chi connectivity index (χ0v) is 19.4. The van der Waals surface area contributed by atoms with Crippen LogP contribution in [0.1, 0.15) is 38.5 Å². The molecule has 3 heterocycles. The van der Waals surface area contributed by atoms with Crippen molar-refractivity contribution in [1.82, 2.24) is 25.3 Å². The molecule has 4 fully saturated rings. The lowest BCUT2D eigenvalue weighted by Crippen LogP contribution is -2.53. The lowest BCUT2D eigenvalue weighted by Gasteiger charge is -2.38. The molecule has 0 radical (unpaired) electrons. The van der Waals surface area contributed by atoms with Crippen LogP contribution in [0.4, 0.5) is 0 Å². The molecule has 4 aliphatic rings. The lowest BCUT2D eigenvalue weighted by molar-refractivity contribution is -0.139. The Bertz CT molecular complexity index is 589. The van der Waals surface area contributed by atoms with Gasteiger partial charge in [-0.3, -0.25) is 14.7 Å². The summed E-state index contributed by atoms with van der Waals surface area (Å²) in [7, 11) is 1.86. The maximum absolute atomic E-state index is 12.4. The quantitative estimate of drug-likeness (QED) is 0.452. The van der Waals surface area contributed by atoms with Crippen LogP contribution in [0.5, 0.6) is 0 Å². The SMILES string of the molecule is CN=C(NCCN1CCN(C(=O)C2CCC2)CC1)NC1CCN(CC2CCOC2)CC1. The van der Waals surface area contributed by atoms with Gasteiger partial charge >= 0.3 is 0 Å². The number of nitrogens with one attached hydrogen (secondary N) is 2. The minimum absolute atomic E-state index is 0.325. The molecule has 4 rings (SSSR count). The number of carbonyl (C=O) groups is 1. The van der Waals surface area contributed by atoms with E-state index in [0.717, 1.165) is 90.3 Å². The van der Waals surface area contributed by atoms with Gasteiger partial charge in [0, 0.05) is 84.5 Å². The summed E-state index contributed by atoms with van der Waals surface area (Å²) in [5.74, 6) is 2.38. The monoisotopic (exact) mass is 434 g/mol. The minimum atomic E-state index is 0.325. The summed E-state index contributed by atoms with van der Waals surface area (Å²) in [6.07, 6.45) is 7.00. The van der Waals surface area contributed by atoms with E-state index in [-0.39, 0.29) is 0 Å². The smallest absolute Gasteiger partial charge is 0.225 e. The van der Waals surface area contributed by atoms with Crippen molar-refractivity contribution in [3.63, 3.8) is 0 Å². The molecule has 1 atom stereocenters. The number of nitrogens with zero attached hydrogens (tertiary/aromatic N) is 4. The number of hydrogen-bond acceptors (Lipinski definition) is 5. The third kappa shape index (κ3) is 6.56. The Kier molecular flexibility index (Phi) is 8.44. The summed E-state index contributed by atoms with van der Waals surface area (Å²) in [5, 5.41) is 7.11. The highest BCUT2D eigenvalue weighted by atomic mass is 16.5. The van der Waals surface area contributed by atoms with Gasteiger partial charge in [-0.05, 0) is 38.0 Å². The number of piperidine rings is 1. The van der Waals surface area contributed by atoms with Gasteiger partial charge < -0.3 is 25.2 Å². The third-order valence-electron chi connectivity index (χ3n) is 7.55. The summed E-state index contributed by atoms with van der Waals surface area (Å²) in [4.78, 5) is 24.0. The average Bonchev–Trinajstić information content (AvgIpc) is 3.26. The second-order valence-corrected chi connectivity index (χ2v) is 9.74. The molecule has 0 aromatic rings. The van der Waals surface area contributed by atoms with Gasteiger partial charge in [-0.2, -0.15) is 0 Å². The summed E-state index contributed by atoms with van der Waals surface area (Å²) in [6, 6.07) is 0.503. The molecule has 3 aliphatic heterocycles. The number of rotatable bonds is 7. The maximum atomic E-state index is 12.4. The summed E-state index contributed by atoms with van der Waals surface area (Å²) < 4.78 is 5.52. The molecule has 8 nitrogen and oxygen atoms in total. The predicted octanol–water partition coefficient (Wildman–Crippen LogP) is 0.597. The van der Waals surface area contributed by atoms with Crippen molar-refractivity contribution >= 4 is 11.9 Å². The highest BCUT2D eigenvalue weighted by molar-refractivity contribution is 5.80. The molecule has 1 saturated carbocycles. The molecule has 176 valence electrons. The molecule has 0 aromatic heterocycles. The van der Waals surface area contributed by atoms with Crippen LogP contribution in [0.25, 0.3) is 0 Å². The van der Waals surface area contributed by atoms with Gasteiger partial charge in [0.15, 0.2) is 5.96 Å². The Morgan fingerprint density at radius 1 is 1.00 bits per heavy atom. The maximum Gasteiger partial charge on any atom is 0.225 e. The van der Waals surface area contributed by atoms with Crippen LogP contribution in [0, 0.1) is 11.8 Å². The van der Waals surface area contributed by atoms with Crippen LogP contribution in [-0.4, -0.2) is 112 Å². The Labute approximate surface area is 187 Å². The van der Waals surface area contributed by atoms with Gasteiger partial charge in [0.25, 0.3) is 0 Å². The van der Waals surface area contributed by atoms with Crippen LogP contribution >= 0.6 is 0 Å². The molecule has 1 amide bonds. The van der Waals surface area contributed by atoms with Crippen molar-refractivity contribution in [2.75, 3.05) is 79.2 Å². The van der Waals surface area contributed by atoms with Crippen LogP contribution in [0.3, 0.4) is 0 Å². The minimum Gasteiger partial charge on any atom is -0.381 e. The first-order valence-electron chi connectivity index (χ1n) is 12.5. The first-order chi connectivity index (χ1) is 15.2. The van der Waals surface area contributed by atoms with Gasteiger partial charge in [0.2, 0.25) is 5.91 Å². The number of carbonyl (C=O) groups excluding carboxylic acids is 1. The number of ether oxygens (including phenoxy) is 1. The highest BCUT2D eigenvalue weighted by Crippen LogP contribution is 2.28. The first kappa shape index (κ1) is 22.8. The number of amides is 1. The second kappa shape index (κ2) is 11.5. The fourth-order valence-corrected chi connectivity index (χ4v) is 5.18. The molecule has 2 N–H and O–H groups in total. The standard InChI is InChI=1S/C23H42N6O2/c1-24-23(26-21-5-9-28(10-6-21)17-19-7-16-31-18-19)25-8-11-27-12-14-29(15-13-27)22(30)20-3-2-4-20/h19-21H,2-18H2,1H3,(H2,24,25,26). The number of hydrogen-bond donors (Lipinski definition) is 2. The van der Waals surface area contributed by atoms with Crippen molar-refractivity contribution in [1.29, 1.82) is 0 Å². The van der Waals surface area contributed by atoms with E-state index < -0.39 is 0 Å². The Balaban J connectivity index is 1.07. The van der Waals surface area contributed by atoms with E-state index in [9.17, 15) is 4.79 Å². The second-order valence-electron chi connectivity index (χ2n) is 9.74. The molecule has 31 heavy (non-hydrogen) atoms. The molecule has 1 aliphatic carbocycles. The predicted molar refractivity (Wildman–Crippen MR) is 123 cm³/mol. The van der Waals surface area contributed by atoms with Crippen molar-refractivity contribution in [3.8, 4) is 0 Å². The molecule has 0 spiro atoms. The zero-order chi connectivity index (χ0) is 21.5.